The number of hydrogen-bond donors (Lipinski definition) is 1. The molecule has 0 spiro atoms. The molecule has 0 unspecified atom stereocenters. The zero-order valence-corrected chi connectivity index (χ0v) is 11.7. The monoisotopic (exact) mass is 331 g/mol. The van der Waals surface area contributed by atoms with E-state index in [0.717, 1.165) is 12.3 Å². The summed E-state index contributed by atoms with van der Waals surface area (Å²) in [7, 11) is 0. The molecule has 0 saturated carbocycles. The average Bonchev–Trinajstić information content (AvgIpc) is 2.80. The van der Waals surface area contributed by atoms with E-state index in [9.17, 15) is 13.2 Å². The van der Waals surface area contributed by atoms with Crippen LogP contribution in [0.2, 0.25) is 10.0 Å². The lowest BCUT2D eigenvalue weighted by Crippen LogP contribution is -2.05. The summed E-state index contributed by atoms with van der Waals surface area (Å²) in [6, 6.07) is 5.75. The van der Waals surface area contributed by atoms with E-state index in [4.69, 9.17) is 23.2 Å². The van der Waals surface area contributed by atoms with E-state index in [1.807, 2.05) is 0 Å². The zero-order valence-electron chi connectivity index (χ0n) is 10.2. The number of pyridine rings is 1. The minimum Gasteiger partial charge on any atom is -0.276 e. The molecule has 0 aliphatic rings. The maximum atomic E-state index is 12.6. The van der Waals surface area contributed by atoms with Gasteiger partial charge in [0.2, 0.25) is 0 Å². The van der Waals surface area contributed by atoms with Gasteiger partial charge < -0.3 is 0 Å². The van der Waals surface area contributed by atoms with Crippen molar-refractivity contribution in [2.45, 2.75) is 6.18 Å². The van der Waals surface area contributed by atoms with Crippen molar-refractivity contribution in [2.75, 3.05) is 0 Å². The Morgan fingerprint density at radius 1 is 1.10 bits per heavy atom. The Morgan fingerprint density at radius 2 is 1.86 bits per heavy atom. The van der Waals surface area contributed by atoms with Gasteiger partial charge in [-0.3, -0.25) is 10.1 Å². The fourth-order valence-corrected chi connectivity index (χ4v) is 2.43. The first-order valence-electron chi connectivity index (χ1n) is 5.73. The van der Waals surface area contributed by atoms with Gasteiger partial charge in [0.05, 0.1) is 16.1 Å². The zero-order chi connectivity index (χ0) is 15.2. The second kappa shape index (κ2) is 4.89. The van der Waals surface area contributed by atoms with Gasteiger partial charge in [-0.05, 0) is 24.3 Å². The summed E-state index contributed by atoms with van der Waals surface area (Å²) >= 11 is 11.9. The lowest BCUT2D eigenvalue weighted by atomic mass is 10.1. The van der Waals surface area contributed by atoms with Crippen LogP contribution in [0.1, 0.15) is 5.56 Å². The van der Waals surface area contributed by atoms with Crippen molar-refractivity contribution >= 4 is 34.2 Å². The number of nitrogens with zero attached hydrogens (tertiary/aromatic N) is 2. The molecule has 0 bridgehead atoms. The fraction of sp³-hybridized carbons (Fsp3) is 0.0769. The summed E-state index contributed by atoms with van der Waals surface area (Å²) in [5, 5.41) is 7.33. The van der Waals surface area contributed by atoms with E-state index in [-0.39, 0.29) is 5.52 Å². The average molecular weight is 332 g/mol. The molecule has 21 heavy (non-hydrogen) atoms. The number of H-pyrrole nitrogens is 1. The van der Waals surface area contributed by atoms with Gasteiger partial charge in [-0.25, -0.2) is 0 Å². The minimum atomic E-state index is -4.45. The van der Waals surface area contributed by atoms with Crippen LogP contribution in [0, 0.1) is 0 Å². The molecule has 8 heteroatoms. The molecule has 3 rings (SSSR count). The number of benzene rings is 1. The van der Waals surface area contributed by atoms with E-state index >= 15 is 0 Å². The van der Waals surface area contributed by atoms with Crippen LogP contribution in [-0.4, -0.2) is 15.2 Å². The Labute approximate surface area is 126 Å². The number of rotatable bonds is 1. The van der Waals surface area contributed by atoms with Crippen molar-refractivity contribution in [3.8, 4) is 11.3 Å². The highest BCUT2D eigenvalue weighted by Gasteiger charge is 2.31. The van der Waals surface area contributed by atoms with Crippen LogP contribution in [0.5, 0.6) is 0 Å². The van der Waals surface area contributed by atoms with Crippen LogP contribution in [0.25, 0.3) is 22.3 Å². The minimum absolute atomic E-state index is 0.186. The van der Waals surface area contributed by atoms with Gasteiger partial charge in [-0.1, -0.05) is 23.2 Å². The van der Waals surface area contributed by atoms with Crippen LogP contribution in [0.4, 0.5) is 13.2 Å². The number of alkyl halides is 3. The molecule has 108 valence electrons. The summed E-state index contributed by atoms with van der Waals surface area (Å²) in [5.41, 5.74) is 0.574. The van der Waals surface area contributed by atoms with Gasteiger partial charge in [0.1, 0.15) is 11.2 Å². The molecule has 0 fully saturated rings. The first-order valence-corrected chi connectivity index (χ1v) is 6.48. The van der Waals surface area contributed by atoms with Gasteiger partial charge in [-0.15, -0.1) is 0 Å². The molecule has 1 aromatic carbocycles. The predicted molar refractivity (Wildman–Crippen MR) is 74.3 cm³/mol. The highest BCUT2D eigenvalue weighted by molar-refractivity contribution is 6.36. The van der Waals surface area contributed by atoms with Crippen molar-refractivity contribution in [3.05, 3.63) is 46.1 Å². The fourth-order valence-electron chi connectivity index (χ4n) is 1.93. The van der Waals surface area contributed by atoms with Crippen LogP contribution < -0.4 is 0 Å². The number of fused-ring (bicyclic) bond motifs is 1. The van der Waals surface area contributed by atoms with Crippen LogP contribution in [0.3, 0.4) is 0 Å². The maximum absolute atomic E-state index is 12.6. The molecule has 0 atom stereocenters. The van der Waals surface area contributed by atoms with Crippen molar-refractivity contribution in [1.82, 2.24) is 15.2 Å². The molecule has 3 aromatic rings. The maximum Gasteiger partial charge on any atom is 0.417 e. The smallest absolute Gasteiger partial charge is 0.276 e. The van der Waals surface area contributed by atoms with Gasteiger partial charge in [0.15, 0.2) is 0 Å². The normalized spacial score (nSPS) is 12.0. The van der Waals surface area contributed by atoms with Gasteiger partial charge in [0, 0.05) is 16.8 Å². The van der Waals surface area contributed by atoms with E-state index in [1.54, 1.807) is 12.1 Å². The Kier molecular flexibility index (Phi) is 3.30. The van der Waals surface area contributed by atoms with Gasteiger partial charge in [0.25, 0.3) is 0 Å². The van der Waals surface area contributed by atoms with Crippen molar-refractivity contribution in [2.24, 2.45) is 0 Å². The molecule has 0 aliphatic carbocycles. The molecule has 3 nitrogen and oxygen atoms in total. The third kappa shape index (κ3) is 2.56. The molecule has 1 N–H and O–H groups in total. The Balaban J connectivity index is 2.17. The summed E-state index contributed by atoms with van der Waals surface area (Å²) in [5.74, 6) is 0. The molecule has 0 radical (unpaired) electrons. The second-order valence-corrected chi connectivity index (χ2v) is 5.16. The van der Waals surface area contributed by atoms with E-state index in [0.29, 0.717) is 26.8 Å². The molecular formula is C13H6Cl2F3N3. The largest absolute Gasteiger partial charge is 0.417 e. The highest BCUT2D eigenvalue weighted by atomic mass is 35.5. The number of hydrogen-bond acceptors (Lipinski definition) is 2. The van der Waals surface area contributed by atoms with Crippen molar-refractivity contribution < 1.29 is 13.2 Å². The van der Waals surface area contributed by atoms with Crippen LogP contribution in [-0.2, 0) is 6.18 Å². The Morgan fingerprint density at radius 3 is 2.52 bits per heavy atom. The Bertz CT molecular complexity index is 827. The second-order valence-electron chi connectivity index (χ2n) is 4.31. The van der Waals surface area contributed by atoms with Crippen LogP contribution >= 0.6 is 23.2 Å². The number of aromatic amines is 1. The molecule has 0 aliphatic heterocycles. The van der Waals surface area contributed by atoms with E-state index in [1.165, 1.54) is 6.07 Å². The summed E-state index contributed by atoms with van der Waals surface area (Å²) in [6.07, 6.45) is -3.68. The first kappa shape index (κ1) is 14.2. The number of halogens is 5. The predicted octanol–water partition coefficient (Wildman–Crippen LogP) is 4.95. The first-order chi connectivity index (χ1) is 9.86. The Hall–Kier alpha value is -1.79. The molecule has 0 saturated heterocycles. The summed E-state index contributed by atoms with van der Waals surface area (Å²) in [4.78, 5) is 3.84. The lowest BCUT2D eigenvalue weighted by molar-refractivity contribution is -0.137. The van der Waals surface area contributed by atoms with Crippen LogP contribution in [0.15, 0.2) is 30.5 Å². The third-order valence-corrected chi connectivity index (χ3v) is 3.46. The quantitative estimate of drug-likeness (QED) is 0.685. The van der Waals surface area contributed by atoms with Gasteiger partial charge >= 0.3 is 6.18 Å². The van der Waals surface area contributed by atoms with Gasteiger partial charge in [-0.2, -0.15) is 18.3 Å². The highest BCUT2D eigenvalue weighted by Crippen LogP contribution is 2.35. The molecular weight excluding hydrogens is 326 g/mol. The molecule has 2 aromatic heterocycles. The van der Waals surface area contributed by atoms with E-state index < -0.39 is 11.7 Å². The van der Waals surface area contributed by atoms with E-state index in [2.05, 4.69) is 15.2 Å². The molecule has 0 amide bonds. The standard InChI is InChI=1S/C13H6Cl2F3N3/c14-7-1-2-8(9(15)4-7)11-12-10(20-21-11)3-6(5-19-12)13(16,17)18/h1-5H,(H,20,21). The summed E-state index contributed by atoms with van der Waals surface area (Å²) < 4.78 is 37.9. The summed E-state index contributed by atoms with van der Waals surface area (Å²) in [6.45, 7) is 0. The number of nitrogens with one attached hydrogen (secondary N) is 1. The number of aromatic nitrogens is 3. The lowest BCUT2D eigenvalue weighted by Gasteiger charge is -2.05. The SMILES string of the molecule is FC(F)(F)c1cnc2c(-c3ccc(Cl)cc3Cl)n[nH]c2c1. The topological polar surface area (TPSA) is 41.6 Å². The van der Waals surface area contributed by atoms with Crippen molar-refractivity contribution in [3.63, 3.8) is 0 Å². The third-order valence-electron chi connectivity index (χ3n) is 2.91. The van der Waals surface area contributed by atoms with Crippen molar-refractivity contribution in [1.29, 1.82) is 0 Å². The molecule has 2 heterocycles.